The molecule has 1 fully saturated rings. The van der Waals surface area contributed by atoms with Crippen molar-refractivity contribution < 1.29 is 0 Å². The molecule has 2 aromatic heterocycles. The number of thiazole rings is 1. The fraction of sp³-hybridized carbons (Fsp3) is 0.333. The molecule has 0 radical (unpaired) electrons. The number of nitrogens with zero attached hydrogens (tertiary/aromatic N) is 3. The molecule has 5 heteroatoms. The number of aryl methyl sites for hydroxylation is 1. The van der Waals surface area contributed by atoms with Crippen LogP contribution in [0.1, 0.15) is 30.0 Å². The van der Waals surface area contributed by atoms with E-state index in [2.05, 4.69) is 38.4 Å². The maximum Gasteiger partial charge on any atom is 0.0911 e. The summed E-state index contributed by atoms with van der Waals surface area (Å²) in [6, 6.07) is 6.33. The van der Waals surface area contributed by atoms with Crippen LogP contribution in [0.15, 0.2) is 35.3 Å². The van der Waals surface area contributed by atoms with Crippen LogP contribution >= 0.6 is 22.9 Å². The van der Waals surface area contributed by atoms with Gasteiger partial charge in [0.25, 0.3) is 0 Å². The zero-order valence-corrected chi connectivity index (χ0v) is 14.6. The maximum absolute atomic E-state index is 6.44. The summed E-state index contributed by atoms with van der Waals surface area (Å²) < 4.78 is 0. The van der Waals surface area contributed by atoms with Gasteiger partial charge in [0.2, 0.25) is 0 Å². The van der Waals surface area contributed by atoms with Crippen molar-refractivity contribution in [3.05, 3.63) is 51.6 Å². The molecule has 3 aromatic rings. The number of rotatable bonds is 2. The Kier molecular flexibility index (Phi) is 3.95. The van der Waals surface area contributed by atoms with Crippen LogP contribution in [0.5, 0.6) is 0 Å². The Labute approximate surface area is 144 Å². The van der Waals surface area contributed by atoms with E-state index in [1.165, 1.54) is 11.4 Å². The number of hydrogen-bond donors (Lipinski definition) is 0. The van der Waals surface area contributed by atoms with Crippen LogP contribution in [-0.4, -0.2) is 23.1 Å². The molecule has 1 saturated heterocycles. The van der Waals surface area contributed by atoms with Crippen LogP contribution in [0.2, 0.25) is 5.02 Å². The van der Waals surface area contributed by atoms with E-state index in [1.807, 2.05) is 18.6 Å². The predicted octanol–water partition coefficient (Wildman–Crippen LogP) is 5.04. The normalized spacial score (nSPS) is 16.2. The Hall–Kier alpha value is -1.65. The zero-order chi connectivity index (χ0) is 15.8. The molecule has 0 aliphatic carbocycles. The van der Waals surface area contributed by atoms with Gasteiger partial charge in [0.1, 0.15) is 0 Å². The van der Waals surface area contributed by atoms with Crippen molar-refractivity contribution in [1.29, 1.82) is 0 Å². The molecule has 0 spiro atoms. The summed E-state index contributed by atoms with van der Waals surface area (Å²) in [7, 11) is 0. The van der Waals surface area contributed by atoms with Gasteiger partial charge in [-0.15, -0.1) is 11.3 Å². The van der Waals surface area contributed by atoms with E-state index in [-0.39, 0.29) is 0 Å². The van der Waals surface area contributed by atoms with Crippen LogP contribution < -0.4 is 4.90 Å². The minimum atomic E-state index is 0.594. The molecule has 1 aliphatic rings. The third kappa shape index (κ3) is 2.70. The summed E-state index contributed by atoms with van der Waals surface area (Å²) in [4.78, 5) is 11.4. The number of aromatic nitrogens is 2. The molecule has 1 aromatic carbocycles. The first-order chi connectivity index (χ1) is 11.2. The van der Waals surface area contributed by atoms with E-state index in [0.29, 0.717) is 5.92 Å². The predicted molar refractivity (Wildman–Crippen MR) is 97.8 cm³/mol. The summed E-state index contributed by atoms with van der Waals surface area (Å²) >= 11 is 8.13. The Morgan fingerprint density at radius 2 is 2.00 bits per heavy atom. The molecule has 3 heterocycles. The number of anilines is 1. The molecule has 0 bridgehead atoms. The van der Waals surface area contributed by atoms with Crippen LogP contribution in [0, 0.1) is 6.92 Å². The lowest BCUT2D eigenvalue weighted by Gasteiger charge is -2.33. The fourth-order valence-electron chi connectivity index (χ4n) is 3.39. The lowest BCUT2D eigenvalue weighted by Crippen LogP contribution is -2.33. The van der Waals surface area contributed by atoms with Crippen molar-refractivity contribution in [2.45, 2.75) is 25.7 Å². The molecule has 0 amide bonds. The van der Waals surface area contributed by atoms with Crippen molar-refractivity contribution >= 4 is 39.5 Å². The first-order valence-corrected chi connectivity index (χ1v) is 9.23. The van der Waals surface area contributed by atoms with Gasteiger partial charge in [0.15, 0.2) is 0 Å². The number of halogens is 1. The largest absolute Gasteiger partial charge is 0.371 e. The Morgan fingerprint density at radius 3 is 2.74 bits per heavy atom. The zero-order valence-electron chi connectivity index (χ0n) is 13.0. The first-order valence-electron chi connectivity index (χ1n) is 7.91. The van der Waals surface area contributed by atoms with E-state index in [0.717, 1.165) is 47.4 Å². The molecule has 3 nitrogen and oxygen atoms in total. The van der Waals surface area contributed by atoms with Gasteiger partial charge in [0, 0.05) is 41.7 Å². The molecule has 0 saturated carbocycles. The van der Waals surface area contributed by atoms with Crippen molar-refractivity contribution in [2.75, 3.05) is 18.0 Å². The van der Waals surface area contributed by atoms with E-state index in [1.54, 1.807) is 11.3 Å². The second-order valence-corrected chi connectivity index (χ2v) is 7.19. The smallest absolute Gasteiger partial charge is 0.0911 e. The highest BCUT2D eigenvalue weighted by Gasteiger charge is 2.23. The average Bonchev–Trinajstić information content (AvgIpc) is 3.13. The number of piperidine rings is 1. The lowest BCUT2D eigenvalue weighted by molar-refractivity contribution is 0.499. The first kappa shape index (κ1) is 14.9. The van der Waals surface area contributed by atoms with Gasteiger partial charge in [-0.05, 0) is 31.4 Å². The highest BCUT2D eigenvalue weighted by atomic mass is 35.5. The topological polar surface area (TPSA) is 29.0 Å². The summed E-state index contributed by atoms with van der Waals surface area (Å²) in [6.07, 6.45) is 4.16. The highest BCUT2D eigenvalue weighted by Crippen LogP contribution is 2.35. The summed E-state index contributed by atoms with van der Waals surface area (Å²) in [6.45, 7) is 4.12. The number of hydrogen-bond acceptors (Lipinski definition) is 4. The van der Waals surface area contributed by atoms with Gasteiger partial charge >= 0.3 is 0 Å². The van der Waals surface area contributed by atoms with Crippen molar-refractivity contribution in [3.8, 4) is 0 Å². The second kappa shape index (κ2) is 6.10. The fourth-order valence-corrected chi connectivity index (χ4v) is 4.24. The van der Waals surface area contributed by atoms with Gasteiger partial charge in [-0.1, -0.05) is 23.7 Å². The number of benzene rings is 1. The van der Waals surface area contributed by atoms with Crippen LogP contribution in [0.3, 0.4) is 0 Å². The SMILES string of the molecule is Cc1ccc2c(N3CCC(c4cscn4)CC3)ccnc2c1Cl. The van der Waals surface area contributed by atoms with Crippen molar-refractivity contribution in [3.63, 3.8) is 0 Å². The van der Waals surface area contributed by atoms with Gasteiger partial charge in [0.05, 0.1) is 21.7 Å². The molecular weight excluding hydrogens is 326 g/mol. The van der Waals surface area contributed by atoms with Gasteiger partial charge in [-0.25, -0.2) is 4.98 Å². The molecule has 23 heavy (non-hydrogen) atoms. The molecule has 118 valence electrons. The van der Waals surface area contributed by atoms with Gasteiger partial charge in [-0.2, -0.15) is 0 Å². The standard InChI is InChI=1S/C18H18ClN3S/c1-12-2-3-14-16(4-7-20-18(14)17(12)19)22-8-5-13(6-9-22)15-10-23-11-21-15/h2-4,7,10-11,13H,5-6,8-9H2,1H3. The highest BCUT2D eigenvalue weighted by molar-refractivity contribution is 7.07. The number of pyridine rings is 1. The third-order valence-corrected chi connectivity index (χ3v) is 5.81. The van der Waals surface area contributed by atoms with Crippen molar-refractivity contribution in [2.24, 2.45) is 0 Å². The number of fused-ring (bicyclic) bond motifs is 1. The minimum absolute atomic E-state index is 0.594. The second-order valence-electron chi connectivity index (χ2n) is 6.10. The van der Waals surface area contributed by atoms with Gasteiger partial charge < -0.3 is 4.90 Å². The quantitative estimate of drug-likeness (QED) is 0.653. The average molecular weight is 344 g/mol. The van der Waals surface area contributed by atoms with E-state index in [4.69, 9.17) is 11.6 Å². The summed E-state index contributed by atoms with van der Waals surface area (Å²) in [5.74, 6) is 0.594. The Balaban J connectivity index is 1.62. The third-order valence-electron chi connectivity index (χ3n) is 4.73. The molecular formula is C18H18ClN3S. The monoisotopic (exact) mass is 343 g/mol. The molecule has 0 unspecified atom stereocenters. The van der Waals surface area contributed by atoms with Crippen LogP contribution in [-0.2, 0) is 0 Å². The summed E-state index contributed by atoms with van der Waals surface area (Å²) in [5.41, 5.74) is 6.42. The molecule has 1 aliphatic heterocycles. The molecule has 4 rings (SSSR count). The van der Waals surface area contributed by atoms with Crippen molar-refractivity contribution in [1.82, 2.24) is 9.97 Å². The maximum atomic E-state index is 6.44. The molecule has 0 N–H and O–H groups in total. The van der Waals surface area contributed by atoms with Crippen LogP contribution in [0.4, 0.5) is 5.69 Å². The molecule has 0 atom stereocenters. The van der Waals surface area contributed by atoms with E-state index in [9.17, 15) is 0 Å². The van der Waals surface area contributed by atoms with Gasteiger partial charge in [-0.3, -0.25) is 4.98 Å². The minimum Gasteiger partial charge on any atom is -0.371 e. The van der Waals surface area contributed by atoms with E-state index < -0.39 is 0 Å². The summed E-state index contributed by atoms with van der Waals surface area (Å²) in [5, 5.41) is 4.10. The lowest BCUT2D eigenvalue weighted by atomic mass is 9.93. The van der Waals surface area contributed by atoms with Crippen LogP contribution in [0.25, 0.3) is 10.9 Å². The van der Waals surface area contributed by atoms with E-state index >= 15 is 0 Å². The Bertz CT molecular complexity index is 824. The Morgan fingerprint density at radius 1 is 1.17 bits per heavy atom.